The van der Waals surface area contributed by atoms with Gasteiger partial charge in [0, 0.05) is 12.1 Å². The molecule has 0 aliphatic rings. The number of nitrogens with zero attached hydrogens (tertiary/aromatic N) is 1. The fraction of sp³-hybridized carbons (Fsp3) is 0.333. The normalized spacial score (nSPS) is 12.5. The Morgan fingerprint density at radius 3 is 2.79 bits per heavy atom. The van der Waals surface area contributed by atoms with E-state index in [-0.39, 0.29) is 17.8 Å². The molecule has 1 aromatic rings. The largest absolute Gasteiger partial charge is 0.387 e. The first-order valence-corrected chi connectivity index (χ1v) is 4.20. The van der Waals surface area contributed by atoms with Gasteiger partial charge in [0.2, 0.25) is 0 Å². The van der Waals surface area contributed by atoms with Gasteiger partial charge in [0.1, 0.15) is 0 Å². The van der Waals surface area contributed by atoms with Crippen molar-refractivity contribution in [3.63, 3.8) is 0 Å². The van der Waals surface area contributed by atoms with Crippen LogP contribution in [0.15, 0.2) is 18.2 Å². The number of hydrogen-bond donors (Lipinski definition) is 2. The number of para-hydroxylation sites is 1. The highest BCUT2D eigenvalue weighted by Crippen LogP contribution is 2.27. The second kappa shape index (κ2) is 4.17. The molecule has 76 valence electrons. The lowest BCUT2D eigenvalue weighted by Gasteiger charge is -2.09. The molecule has 0 radical (unpaired) electrons. The molecule has 0 aliphatic heterocycles. The number of nitro benzene ring substituents is 1. The zero-order chi connectivity index (χ0) is 10.7. The van der Waals surface area contributed by atoms with Gasteiger partial charge in [-0.1, -0.05) is 12.1 Å². The van der Waals surface area contributed by atoms with Crippen LogP contribution in [0, 0.1) is 17.0 Å². The third-order valence-electron chi connectivity index (χ3n) is 2.03. The molecule has 0 aromatic heterocycles. The highest BCUT2D eigenvalue weighted by molar-refractivity contribution is 5.48. The summed E-state index contributed by atoms with van der Waals surface area (Å²) in [6.45, 7) is 1.61. The van der Waals surface area contributed by atoms with E-state index in [1.54, 1.807) is 19.1 Å². The SMILES string of the molecule is Cc1cccc([C@H](O)CN)c1[N+](=O)[O-]. The number of aryl methyl sites for hydroxylation is 1. The van der Waals surface area contributed by atoms with Crippen LogP contribution in [0.3, 0.4) is 0 Å². The Hall–Kier alpha value is -1.46. The standard InChI is InChI=1S/C9H12N2O3/c1-6-3-2-4-7(8(12)5-10)9(6)11(13)14/h2-4,8,12H,5,10H2,1H3/t8-/m1/s1. The molecule has 0 saturated carbocycles. The van der Waals surface area contributed by atoms with Crippen LogP contribution >= 0.6 is 0 Å². The lowest BCUT2D eigenvalue weighted by Crippen LogP contribution is -2.13. The van der Waals surface area contributed by atoms with Crippen molar-refractivity contribution in [1.29, 1.82) is 0 Å². The first-order valence-electron chi connectivity index (χ1n) is 4.20. The summed E-state index contributed by atoms with van der Waals surface area (Å²) in [5, 5.41) is 20.2. The van der Waals surface area contributed by atoms with Gasteiger partial charge in [-0.05, 0) is 13.0 Å². The highest BCUT2D eigenvalue weighted by Gasteiger charge is 2.21. The Balaban J connectivity index is 3.28. The third kappa shape index (κ3) is 1.89. The summed E-state index contributed by atoms with van der Waals surface area (Å²) in [5.74, 6) is 0. The molecule has 0 heterocycles. The maximum absolute atomic E-state index is 10.7. The van der Waals surface area contributed by atoms with E-state index in [0.29, 0.717) is 5.56 Å². The summed E-state index contributed by atoms with van der Waals surface area (Å²) in [6, 6.07) is 4.81. The number of rotatable bonds is 3. The quantitative estimate of drug-likeness (QED) is 0.555. The van der Waals surface area contributed by atoms with Crippen molar-refractivity contribution in [2.24, 2.45) is 5.73 Å². The van der Waals surface area contributed by atoms with Crippen LogP contribution in [0.2, 0.25) is 0 Å². The van der Waals surface area contributed by atoms with Crippen LogP contribution in [0.1, 0.15) is 17.2 Å². The molecule has 1 atom stereocenters. The van der Waals surface area contributed by atoms with E-state index in [9.17, 15) is 15.2 Å². The Morgan fingerprint density at radius 1 is 1.64 bits per heavy atom. The predicted octanol–water partition coefficient (Wildman–Crippen LogP) is 0.895. The van der Waals surface area contributed by atoms with Crippen LogP contribution in [-0.4, -0.2) is 16.6 Å². The topological polar surface area (TPSA) is 89.4 Å². The monoisotopic (exact) mass is 196 g/mol. The summed E-state index contributed by atoms with van der Waals surface area (Å²) in [6.07, 6.45) is -0.977. The van der Waals surface area contributed by atoms with E-state index < -0.39 is 11.0 Å². The minimum atomic E-state index is -0.977. The summed E-state index contributed by atoms with van der Waals surface area (Å²) in [4.78, 5) is 10.2. The van der Waals surface area contributed by atoms with Gasteiger partial charge in [0.05, 0.1) is 16.6 Å². The molecule has 5 heteroatoms. The van der Waals surface area contributed by atoms with Crippen molar-refractivity contribution in [2.45, 2.75) is 13.0 Å². The van der Waals surface area contributed by atoms with Crippen LogP contribution in [0.25, 0.3) is 0 Å². The van der Waals surface area contributed by atoms with Crippen LogP contribution in [0.4, 0.5) is 5.69 Å². The van der Waals surface area contributed by atoms with E-state index in [2.05, 4.69) is 0 Å². The average molecular weight is 196 g/mol. The Kier molecular flexibility index (Phi) is 3.16. The minimum Gasteiger partial charge on any atom is -0.387 e. The highest BCUT2D eigenvalue weighted by atomic mass is 16.6. The molecule has 3 N–H and O–H groups in total. The number of nitro groups is 1. The first-order chi connectivity index (χ1) is 6.57. The lowest BCUT2D eigenvalue weighted by atomic mass is 10.0. The zero-order valence-corrected chi connectivity index (χ0v) is 7.80. The van der Waals surface area contributed by atoms with Gasteiger partial charge < -0.3 is 10.8 Å². The van der Waals surface area contributed by atoms with Gasteiger partial charge in [-0.15, -0.1) is 0 Å². The van der Waals surface area contributed by atoms with Crippen molar-refractivity contribution >= 4 is 5.69 Å². The summed E-state index contributed by atoms with van der Waals surface area (Å²) in [7, 11) is 0. The van der Waals surface area contributed by atoms with Gasteiger partial charge in [-0.25, -0.2) is 0 Å². The average Bonchev–Trinajstić information content (AvgIpc) is 2.15. The van der Waals surface area contributed by atoms with Crippen molar-refractivity contribution in [3.8, 4) is 0 Å². The molecule has 0 amide bonds. The molecule has 5 nitrogen and oxygen atoms in total. The molecule has 0 bridgehead atoms. The summed E-state index contributed by atoms with van der Waals surface area (Å²) in [5.41, 5.74) is 6.00. The Labute approximate surface area is 81.3 Å². The molecule has 0 fully saturated rings. The minimum absolute atomic E-state index is 0.0235. The smallest absolute Gasteiger partial charge is 0.278 e. The van der Waals surface area contributed by atoms with Gasteiger partial charge >= 0.3 is 0 Å². The van der Waals surface area contributed by atoms with Crippen molar-refractivity contribution in [1.82, 2.24) is 0 Å². The fourth-order valence-corrected chi connectivity index (χ4v) is 1.33. The first kappa shape index (κ1) is 10.6. The molecule has 0 unspecified atom stereocenters. The van der Waals surface area contributed by atoms with Gasteiger partial charge in [-0.3, -0.25) is 10.1 Å². The molecular formula is C9H12N2O3. The molecule has 0 aliphatic carbocycles. The van der Waals surface area contributed by atoms with E-state index in [4.69, 9.17) is 5.73 Å². The van der Waals surface area contributed by atoms with E-state index in [1.165, 1.54) is 6.07 Å². The van der Waals surface area contributed by atoms with Crippen LogP contribution < -0.4 is 5.73 Å². The van der Waals surface area contributed by atoms with Gasteiger partial charge in [0.15, 0.2) is 0 Å². The molecule has 0 saturated heterocycles. The maximum atomic E-state index is 10.7. The Bertz CT molecular complexity index is 352. The molecular weight excluding hydrogens is 184 g/mol. The van der Waals surface area contributed by atoms with Gasteiger partial charge in [0.25, 0.3) is 5.69 Å². The van der Waals surface area contributed by atoms with E-state index in [0.717, 1.165) is 0 Å². The van der Waals surface area contributed by atoms with Crippen LogP contribution in [-0.2, 0) is 0 Å². The number of hydrogen-bond acceptors (Lipinski definition) is 4. The van der Waals surface area contributed by atoms with Crippen LogP contribution in [0.5, 0.6) is 0 Å². The zero-order valence-electron chi connectivity index (χ0n) is 7.80. The third-order valence-corrected chi connectivity index (χ3v) is 2.03. The molecule has 1 rings (SSSR count). The van der Waals surface area contributed by atoms with Gasteiger partial charge in [-0.2, -0.15) is 0 Å². The number of nitrogens with two attached hydrogens (primary N) is 1. The molecule has 1 aromatic carbocycles. The summed E-state index contributed by atoms with van der Waals surface area (Å²) >= 11 is 0. The van der Waals surface area contributed by atoms with Crippen molar-refractivity contribution < 1.29 is 10.0 Å². The maximum Gasteiger partial charge on any atom is 0.278 e. The second-order valence-electron chi connectivity index (χ2n) is 3.02. The van der Waals surface area contributed by atoms with E-state index >= 15 is 0 Å². The lowest BCUT2D eigenvalue weighted by molar-refractivity contribution is -0.386. The molecule has 14 heavy (non-hydrogen) atoms. The second-order valence-corrected chi connectivity index (χ2v) is 3.02. The predicted molar refractivity (Wildman–Crippen MR) is 51.8 cm³/mol. The number of aliphatic hydroxyl groups excluding tert-OH is 1. The fourth-order valence-electron chi connectivity index (χ4n) is 1.33. The van der Waals surface area contributed by atoms with Crippen molar-refractivity contribution in [2.75, 3.05) is 6.54 Å². The molecule has 0 spiro atoms. The summed E-state index contributed by atoms with van der Waals surface area (Å²) < 4.78 is 0. The van der Waals surface area contributed by atoms with E-state index in [1.807, 2.05) is 0 Å². The Morgan fingerprint density at radius 2 is 2.29 bits per heavy atom. The van der Waals surface area contributed by atoms with Crippen molar-refractivity contribution in [3.05, 3.63) is 39.4 Å². The number of aliphatic hydroxyl groups is 1. The number of benzene rings is 1.